The van der Waals surface area contributed by atoms with E-state index in [1.54, 1.807) is 9.15 Å². The Morgan fingerprint density at radius 2 is 2.00 bits per heavy atom. The van der Waals surface area contributed by atoms with Gasteiger partial charge in [-0.3, -0.25) is 0 Å². The minimum absolute atomic E-state index is 0.316. The Morgan fingerprint density at radius 1 is 1.23 bits per heavy atom. The molecule has 0 aliphatic heterocycles. The highest BCUT2D eigenvalue weighted by Gasteiger charge is 2.26. The summed E-state index contributed by atoms with van der Waals surface area (Å²) in [7, 11) is 0. The van der Waals surface area contributed by atoms with Gasteiger partial charge in [0.1, 0.15) is 0 Å². The van der Waals surface area contributed by atoms with Crippen molar-refractivity contribution in [2.24, 2.45) is 5.92 Å². The number of halogens is 1. The van der Waals surface area contributed by atoms with E-state index in [9.17, 15) is 5.11 Å². The average molecular weight is 412 g/mol. The topological polar surface area (TPSA) is 20.2 Å². The highest BCUT2D eigenvalue weighted by atomic mass is 127. The van der Waals surface area contributed by atoms with Gasteiger partial charge in [-0.1, -0.05) is 62.1 Å². The van der Waals surface area contributed by atoms with E-state index in [1.807, 2.05) is 30.3 Å². The van der Waals surface area contributed by atoms with Crippen LogP contribution in [0.3, 0.4) is 0 Å². The van der Waals surface area contributed by atoms with Crippen molar-refractivity contribution < 1.29 is 5.11 Å². The molecule has 0 amide bonds. The number of hydrogen-bond donors (Lipinski definition) is 1. The molecule has 0 saturated heterocycles. The maximum atomic E-state index is 10.5. The lowest BCUT2D eigenvalue weighted by Gasteiger charge is -2.19. The predicted molar refractivity (Wildman–Crippen MR) is 103 cm³/mol. The number of aliphatic hydroxyl groups excluding tert-OH is 1. The van der Waals surface area contributed by atoms with Crippen LogP contribution in [0.1, 0.15) is 76.4 Å². The van der Waals surface area contributed by atoms with Crippen molar-refractivity contribution in [2.45, 2.75) is 70.8 Å². The van der Waals surface area contributed by atoms with Crippen molar-refractivity contribution in [3.63, 3.8) is 0 Å². The molecule has 22 heavy (non-hydrogen) atoms. The van der Waals surface area contributed by atoms with Gasteiger partial charge in [0.25, 0.3) is 0 Å². The lowest BCUT2D eigenvalue weighted by Crippen LogP contribution is -2.07. The zero-order valence-corrected chi connectivity index (χ0v) is 15.9. The molecule has 0 radical (unpaired) electrons. The van der Waals surface area contributed by atoms with E-state index in [0.717, 1.165) is 12.0 Å². The molecule has 2 atom stereocenters. The first-order valence-corrected chi connectivity index (χ1v) is 9.90. The molecule has 0 bridgehead atoms. The van der Waals surface area contributed by atoms with Gasteiger partial charge < -0.3 is 5.11 Å². The second kappa shape index (κ2) is 9.71. The van der Waals surface area contributed by atoms with Crippen molar-refractivity contribution in [1.29, 1.82) is 0 Å². The maximum Gasteiger partial charge on any atom is 0.0795 e. The standard InChI is InChI=1S/C20H29IO/c1-2-3-4-8-14-19(21)18-13-9-12-17(18)15-20(22)16-10-6-5-7-11-16/h5-7,10-11,17,20,22H,2-4,8-9,12-15H2,1H3/b19-18-. The summed E-state index contributed by atoms with van der Waals surface area (Å²) in [5.74, 6) is 0.591. The van der Waals surface area contributed by atoms with Gasteiger partial charge in [-0.2, -0.15) is 0 Å². The molecule has 1 nitrogen and oxygen atoms in total. The summed E-state index contributed by atoms with van der Waals surface area (Å²) in [6, 6.07) is 10.1. The molecular formula is C20H29IO. The summed E-state index contributed by atoms with van der Waals surface area (Å²) in [6.45, 7) is 2.27. The van der Waals surface area contributed by atoms with Gasteiger partial charge in [0.05, 0.1) is 6.10 Å². The van der Waals surface area contributed by atoms with Crippen LogP contribution in [-0.2, 0) is 0 Å². The summed E-state index contributed by atoms with van der Waals surface area (Å²) >= 11 is 2.57. The first-order chi connectivity index (χ1) is 10.7. The Balaban J connectivity index is 1.92. The lowest BCUT2D eigenvalue weighted by atomic mass is 9.92. The zero-order chi connectivity index (χ0) is 15.8. The molecular weight excluding hydrogens is 383 g/mol. The van der Waals surface area contributed by atoms with Gasteiger partial charge >= 0.3 is 0 Å². The van der Waals surface area contributed by atoms with Crippen LogP contribution < -0.4 is 0 Å². The summed E-state index contributed by atoms with van der Waals surface area (Å²) in [4.78, 5) is 0. The molecule has 0 aromatic heterocycles. The Morgan fingerprint density at radius 3 is 2.73 bits per heavy atom. The van der Waals surface area contributed by atoms with Crippen LogP contribution in [0.5, 0.6) is 0 Å². The Bertz CT molecular complexity index is 466. The van der Waals surface area contributed by atoms with Crippen molar-refractivity contribution in [2.75, 3.05) is 0 Å². The van der Waals surface area contributed by atoms with Crippen LogP contribution in [0.15, 0.2) is 39.5 Å². The summed E-state index contributed by atoms with van der Waals surface area (Å²) in [6.07, 6.45) is 10.9. The minimum atomic E-state index is -0.316. The van der Waals surface area contributed by atoms with Gasteiger partial charge in [0.2, 0.25) is 0 Å². The third kappa shape index (κ3) is 5.38. The van der Waals surface area contributed by atoms with Crippen molar-refractivity contribution in [3.05, 3.63) is 45.0 Å². The van der Waals surface area contributed by atoms with E-state index in [0.29, 0.717) is 5.92 Å². The fraction of sp³-hybridized carbons (Fsp3) is 0.600. The average Bonchev–Trinajstić information content (AvgIpc) is 3.00. The van der Waals surface area contributed by atoms with E-state index in [2.05, 4.69) is 29.5 Å². The lowest BCUT2D eigenvalue weighted by molar-refractivity contribution is 0.151. The number of benzene rings is 1. The molecule has 2 rings (SSSR count). The smallest absolute Gasteiger partial charge is 0.0795 e. The molecule has 122 valence electrons. The fourth-order valence-electron chi connectivity index (χ4n) is 3.48. The normalized spacial score (nSPS) is 21.9. The van der Waals surface area contributed by atoms with Gasteiger partial charge in [-0.15, -0.1) is 0 Å². The third-order valence-electron chi connectivity index (χ3n) is 4.78. The second-order valence-electron chi connectivity index (χ2n) is 6.49. The van der Waals surface area contributed by atoms with E-state index < -0.39 is 0 Å². The monoisotopic (exact) mass is 412 g/mol. The minimum Gasteiger partial charge on any atom is -0.388 e. The molecule has 1 aromatic carbocycles. The van der Waals surface area contributed by atoms with Gasteiger partial charge in [0, 0.05) is 0 Å². The summed E-state index contributed by atoms with van der Waals surface area (Å²) < 4.78 is 1.58. The van der Waals surface area contributed by atoms with Crippen LogP contribution in [-0.4, -0.2) is 5.11 Å². The third-order valence-corrected chi connectivity index (χ3v) is 6.01. The van der Waals surface area contributed by atoms with Crippen LogP contribution in [0.2, 0.25) is 0 Å². The molecule has 2 unspecified atom stereocenters. The quantitative estimate of drug-likeness (QED) is 0.378. The first kappa shape index (κ1) is 18.0. The second-order valence-corrected chi connectivity index (χ2v) is 7.79. The predicted octanol–water partition coefficient (Wildman–Crippen LogP) is 6.57. The van der Waals surface area contributed by atoms with Crippen LogP contribution >= 0.6 is 22.6 Å². The number of rotatable bonds is 8. The molecule has 1 N–H and O–H groups in total. The molecule has 0 spiro atoms. The molecule has 1 aliphatic carbocycles. The van der Waals surface area contributed by atoms with Crippen molar-refractivity contribution >= 4 is 22.6 Å². The van der Waals surface area contributed by atoms with Gasteiger partial charge in [-0.05, 0) is 76.2 Å². The van der Waals surface area contributed by atoms with Crippen LogP contribution in [0.25, 0.3) is 0 Å². The van der Waals surface area contributed by atoms with E-state index >= 15 is 0 Å². The highest BCUT2D eigenvalue weighted by molar-refractivity contribution is 14.1. The number of hydrogen-bond acceptors (Lipinski definition) is 1. The first-order valence-electron chi connectivity index (χ1n) is 8.82. The highest BCUT2D eigenvalue weighted by Crippen LogP contribution is 2.41. The zero-order valence-electron chi connectivity index (χ0n) is 13.7. The molecule has 1 saturated carbocycles. The van der Waals surface area contributed by atoms with E-state index in [4.69, 9.17) is 0 Å². The number of aliphatic hydroxyl groups is 1. The molecule has 1 aromatic rings. The molecule has 2 heteroatoms. The number of allylic oxidation sites excluding steroid dienone is 2. The van der Waals surface area contributed by atoms with Crippen LogP contribution in [0.4, 0.5) is 0 Å². The number of unbranched alkanes of at least 4 members (excludes halogenated alkanes) is 3. The summed E-state index contributed by atoms with van der Waals surface area (Å²) in [5.41, 5.74) is 2.71. The largest absolute Gasteiger partial charge is 0.388 e. The van der Waals surface area contributed by atoms with Crippen molar-refractivity contribution in [3.8, 4) is 0 Å². The Hall–Kier alpha value is -0.350. The summed E-state index contributed by atoms with van der Waals surface area (Å²) in [5, 5.41) is 10.5. The molecule has 1 aliphatic rings. The molecule has 0 heterocycles. The fourth-order valence-corrected chi connectivity index (χ4v) is 4.57. The van der Waals surface area contributed by atoms with Crippen LogP contribution in [0, 0.1) is 5.92 Å². The maximum absolute atomic E-state index is 10.5. The Labute approximate surface area is 149 Å². The Kier molecular flexibility index (Phi) is 7.95. The van der Waals surface area contributed by atoms with E-state index in [1.165, 1.54) is 51.4 Å². The molecule has 1 fully saturated rings. The van der Waals surface area contributed by atoms with Gasteiger partial charge in [0.15, 0.2) is 0 Å². The van der Waals surface area contributed by atoms with Gasteiger partial charge in [-0.25, -0.2) is 0 Å². The van der Waals surface area contributed by atoms with E-state index in [-0.39, 0.29) is 6.10 Å². The SMILES string of the molecule is CCCCCC/C(I)=C1\CCCC1CC(O)c1ccccc1. The van der Waals surface area contributed by atoms with Crippen molar-refractivity contribution in [1.82, 2.24) is 0 Å².